The largest absolute Gasteiger partial charge is 0.478 e. The van der Waals surface area contributed by atoms with Gasteiger partial charge in [-0.1, -0.05) is 11.8 Å². The molecule has 2 amide bonds. The van der Waals surface area contributed by atoms with Crippen LogP contribution < -0.4 is 11.1 Å². The van der Waals surface area contributed by atoms with Gasteiger partial charge in [-0.05, 0) is 30.3 Å². The van der Waals surface area contributed by atoms with Gasteiger partial charge in [0.05, 0.1) is 10.4 Å². The molecule has 0 aliphatic heterocycles. The third-order valence-electron chi connectivity index (χ3n) is 2.37. The lowest BCUT2D eigenvalue weighted by molar-refractivity contribution is 0.0698. The van der Waals surface area contributed by atoms with Crippen LogP contribution in [0.1, 0.15) is 20.8 Å². The van der Waals surface area contributed by atoms with Crippen molar-refractivity contribution in [1.82, 2.24) is 0 Å². The molecule has 0 bridgehead atoms. The van der Waals surface area contributed by atoms with Gasteiger partial charge in [-0.3, -0.25) is 5.32 Å². The first-order valence-electron chi connectivity index (χ1n) is 5.67. The third kappa shape index (κ3) is 3.81. The summed E-state index contributed by atoms with van der Waals surface area (Å²) in [5.41, 5.74) is 5.48. The second kappa shape index (κ2) is 6.07. The number of aromatic carboxylic acids is 1. The van der Waals surface area contributed by atoms with Crippen LogP contribution >= 0.6 is 11.3 Å². The molecule has 0 fully saturated rings. The molecule has 4 N–H and O–H groups in total. The first-order valence-corrected chi connectivity index (χ1v) is 6.48. The minimum atomic E-state index is -1.19. The molecule has 0 saturated heterocycles. The number of hydrogen-bond donors (Lipinski definition) is 3. The van der Waals surface area contributed by atoms with Crippen molar-refractivity contribution < 1.29 is 19.1 Å². The van der Waals surface area contributed by atoms with Gasteiger partial charge in [-0.2, -0.15) is 0 Å². The molecule has 0 saturated carbocycles. The van der Waals surface area contributed by atoms with Gasteiger partial charge in [0.15, 0.2) is 0 Å². The molecular weight excluding hydrogens is 295 g/mol. The van der Waals surface area contributed by atoms with Crippen molar-refractivity contribution in [2.45, 2.75) is 0 Å². The molecule has 0 radical (unpaired) electrons. The van der Waals surface area contributed by atoms with E-state index in [4.69, 9.17) is 10.8 Å². The van der Waals surface area contributed by atoms with Crippen LogP contribution in [-0.2, 0) is 0 Å². The second-order valence-electron chi connectivity index (χ2n) is 3.90. The Bertz CT molecular complexity index is 757. The highest BCUT2D eigenvalue weighted by Gasteiger charge is 2.15. The molecule has 5 nitrogen and oxygen atoms in total. The van der Waals surface area contributed by atoms with Crippen LogP contribution in [0.5, 0.6) is 0 Å². The van der Waals surface area contributed by atoms with Crippen molar-refractivity contribution in [1.29, 1.82) is 0 Å². The van der Waals surface area contributed by atoms with Gasteiger partial charge in [-0.25, -0.2) is 14.0 Å². The zero-order chi connectivity index (χ0) is 15.4. The molecule has 0 aliphatic rings. The molecule has 0 spiro atoms. The Balaban J connectivity index is 2.31. The number of carbonyl (C=O) groups excluding carboxylic acids is 1. The van der Waals surface area contributed by atoms with Crippen LogP contribution in [0.25, 0.3) is 0 Å². The Kier molecular flexibility index (Phi) is 4.21. The maximum atomic E-state index is 12.8. The molecule has 106 valence electrons. The zero-order valence-corrected chi connectivity index (χ0v) is 11.3. The van der Waals surface area contributed by atoms with Gasteiger partial charge < -0.3 is 10.8 Å². The minimum Gasteiger partial charge on any atom is -0.478 e. The highest BCUT2D eigenvalue weighted by Crippen LogP contribution is 2.27. The SMILES string of the molecule is NC(=O)Nc1sc(C#Cc2ccc(F)cc2)cc1C(=O)O. The number of carbonyl (C=O) groups is 2. The van der Waals surface area contributed by atoms with E-state index in [9.17, 15) is 14.0 Å². The van der Waals surface area contributed by atoms with E-state index in [1.54, 1.807) is 0 Å². The third-order valence-corrected chi connectivity index (χ3v) is 3.34. The van der Waals surface area contributed by atoms with Crippen LogP contribution in [-0.4, -0.2) is 17.1 Å². The lowest BCUT2D eigenvalue weighted by Gasteiger charge is -1.97. The van der Waals surface area contributed by atoms with Crippen LogP contribution in [0.2, 0.25) is 0 Å². The molecule has 0 unspecified atom stereocenters. The highest BCUT2D eigenvalue weighted by atomic mass is 32.1. The number of nitrogens with one attached hydrogen (secondary N) is 1. The van der Waals surface area contributed by atoms with E-state index in [1.807, 2.05) is 0 Å². The fraction of sp³-hybridized carbons (Fsp3) is 0. The van der Waals surface area contributed by atoms with E-state index in [2.05, 4.69) is 17.2 Å². The first-order chi connectivity index (χ1) is 9.95. The first kappa shape index (κ1) is 14.6. The summed E-state index contributed by atoms with van der Waals surface area (Å²) < 4.78 is 12.8. The second-order valence-corrected chi connectivity index (χ2v) is 4.96. The summed E-state index contributed by atoms with van der Waals surface area (Å²) in [6.07, 6.45) is 0. The van der Waals surface area contributed by atoms with E-state index in [1.165, 1.54) is 30.3 Å². The number of hydrogen-bond acceptors (Lipinski definition) is 3. The predicted molar refractivity (Wildman–Crippen MR) is 76.9 cm³/mol. The number of carboxylic acid groups (broad SMARTS) is 1. The average Bonchev–Trinajstić information content (AvgIpc) is 2.80. The topological polar surface area (TPSA) is 92.4 Å². The maximum Gasteiger partial charge on any atom is 0.338 e. The summed E-state index contributed by atoms with van der Waals surface area (Å²) in [7, 11) is 0. The van der Waals surface area contributed by atoms with Crippen LogP contribution in [0.3, 0.4) is 0 Å². The number of benzene rings is 1. The molecular formula is C14H9FN2O3S. The molecule has 21 heavy (non-hydrogen) atoms. The summed E-state index contributed by atoms with van der Waals surface area (Å²) in [6, 6.07) is 6.07. The molecule has 1 aromatic carbocycles. The summed E-state index contributed by atoms with van der Waals surface area (Å²) in [4.78, 5) is 22.3. The van der Waals surface area contributed by atoms with Gasteiger partial charge in [0.1, 0.15) is 10.8 Å². The van der Waals surface area contributed by atoms with Gasteiger partial charge >= 0.3 is 12.0 Å². The molecule has 7 heteroatoms. The zero-order valence-electron chi connectivity index (χ0n) is 10.5. The van der Waals surface area contributed by atoms with E-state index in [0.717, 1.165) is 11.3 Å². The lowest BCUT2D eigenvalue weighted by atomic mass is 10.2. The Labute approximate surface area is 123 Å². The van der Waals surface area contributed by atoms with E-state index < -0.39 is 12.0 Å². The van der Waals surface area contributed by atoms with E-state index >= 15 is 0 Å². The number of nitrogens with two attached hydrogens (primary N) is 1. The van der Waals surface area contributed by atoms with Gasteiger partial charge in [0, 0.05) is 5.56 Å². The maximum absolute atomic E-state index is 12.8. The molecule has 2 rings (SSSR count). The number of anilines is 1. The molecule has 1 aromatic heterocycles. The quantitative estimate of drug-likeness (QED) is 0.744. The summed E-state index contributed by atoms with van der Waals surface area (Å²) in [5.74, 6) is 3.98. The van der Waals surface area contributed by atoms with Crippen molar-refractivity contribution >= 4 is 28.3 Å². The number of primary amides is 1. The lowest BCUT2D eigenvalue weighted by Crippen LogP contribution is -2.19. The molecule has 0 atom stereocenters. The van der Waals surface area contributed by atoms with Crippen molar-refractivity contribution in [2.75, 3.05) is 5.32 Å². The number of halogens is 1. The fourth-order valence-corrected chi connectivity index (χ4v) is 2.39. The van der Waals surface area contributed by atoms with Gasteiger partial charge in [-0.15, -0.1) is 11.3 Å². The Hall–Kier alpha value is -2.85. The normalized spacial score (nSPS) is 9.57. The summed E-state index contributed by atoms with van der Waals surface area (Å²) in [6.45, 7) is 0. The van der Waals surface area contributed by atoms with Gasteiger partial charge in [0.2, 0.25) is 0 Å². The van der Waals surface area contributed by atoms with Crippen molar-refractivity contribution in [3.8, 4) is 11.8 Å². The van der Waals surface area contributed by atoms with E-state index in [-0.39, 0.29) is 16.4 Å². The standard InChI is InChI=1S/C14H9FN2O3S/c15-9-4-1-8(2-5-9)3-6-10-7-11(13(18)19)12(21-10)17-14(16)20/h1-2,4-5,7H,(H,18,19)(H3,16,17,20). The highest BCUT2D eigenvalue weighted by molar-refractivity contribution is 7.17. The number of carboxylic acids is 1. The number of rotatable bonds is 2. The monoisotopic (exact) mass is 304 g/mol. The van der Waals surface area contributed by atoms with Crippen molar-refractivity contribution in [2.24, 2.45) is 5.73 Å². The number of urea groups is 1. The number of amides is 2. The molecule has 1 heterocycles. The minimum absolute atomic E-state index is 0.0813. The molecule has 0 aliphatic carbocycles. The average molecular weight is 304 g/mol. The predicted octanol–water partition coefficient (Wildman–Crippen LogP) is 2.48. The summed E-state index contributed by atoms with van der Waals surface area (Å²) >= 11 is 0.998. The van der Waals surface area contributed by atoms with Crippen LogP contribution in [0, 0.1) is 17.7 Å². The smallest absolute Gasteiger partial charge is 0.338 e. The fourth-order valence-electron chi connectivity index (χ4n) is 1.48. The van der Waals surface area contributed by atoms with Crippen LogP contribution in [0.15, 0.2) is 30.3 Å². The van der Waals surface area contributed by atoms with Crippen molar-refractivity contribution in [3.63, 3.8) is 0 Å². The summed E-state index contributed by atoms with van der Waals surface area (Å²) in [5, 5.41) is 11.4. The number of thiophene rings is 1. The Morgan fingerprint density at radius 1 is 1.24 bits per heavy atom. The van der Waals surface area contributed by atoms with Gasteiger partial charge in [0.25, 0.3) is 0 Å². The van der Waals surface area contributed by atoms with E-state index in [0.29, 0.717) is 10.4 Å². The Morgan fingerprint density at radius 2 is 1.90 bits per heavy atom. The van der Waals surface area contributed by atoms with Crippen molar-refractivity contribution in [3.05, 3.63) is 52.2 Å². The Morgan fingerprint density at radius 3 is 2.48 bits per heavy atom. The molecule has 2 aromatic rings. The van der Waals surface area contributed by atoms with Crippen LogP contribution in [0.4, 0.5) is 14.2 Å².